The summed E-state index contributed by atoms with van der Waals surface area (Å²) in [6, 6.07) is 11.9. The van der Waals surface area contributed by atoms with Crippen molar-refractivity contribution >= 4 is 51.9 Å². The van der Waals surface area contributed by atoms with E-state index in [2.05, 4.69) is 10.1 Å². The summed E-state index contributed by atoms with van der Waals surface area (Å²) in [5, 5.41) is 11.9. The molecule has 10 heteroatoms. The van der Waals surface area contributed by atoms with Gasteiger partial charge in [-0.2, -0.15) is 8.78 Å². The standard InChI is InChI=1S/C19H14F2N2O4S2/c20-18(21)27-14-4-2-1-3-11(14)9-15-17(26)23(19(28)29-15)10-16(25)22-12-5-7-13(24)8-6-12/h1-9,18,24H,10H2,(H,22,25)/b15-9-. The number of anilines is 1. The third-order valence-electron chi connectivity index (χ3n) is 3.75. The highest BCUT2D eigenvalue weighted by Gasteiger charge is 2.33. The minimum absolute atomic E-state index is 0.0566. The number of phenolic OH excluding ortho intramolecular Hbond substituents is 1. The summed E-state index contributed by atoms with van der Waals surface area (Å²) in [7, 11) is 0. The average Bonchev–Trinajstić information content (AvgIpc) is 2.92. The number of thioether (sulfide) groups is 1. The van der Waals surface area contributed by atoms with Gasteiger partial charge >= 0.3 is 6.61 Å². The Balaban J connectivity index is 1.72. The van der Waals surface area contributed by atoms with Gasteiger partial charge in [0.2, 0.25) is 5.91 Å². The fourth-order valence-corrected chi connectivity index (χ4v) is 3.72. The first-order valence-corrected chi connectivity index (χ1v) is 9.44. The first-order valence-electron chi connectivity index (χ1n) is 8.21. The summed E-state index contributed by atoms with van der Waals surface area (Å²) in [6.07, 6.45) is 1.40. The van der Waals surface area contributed by atoms with E-state index in [1.165, 1.54) is 48.5 Å². The van der Waals surface area contributed by atoms with Crippen LogP contribution in [0.1, 0.15) is 5.56 Å². The molecular weight excluding hydrogens is 422 g/mol. The predicted octanol–water partition coefficient (Wildman–Crippen LogP) is 3.83. The van der Waals surface area contributed by atoms with Crippen LogP contribution in [-0.4, -0.2) is 39.3 Å². The lowest BCUT2D eigenvalue weighted by molar-refractivity contribution is -0.126. The summed E-state index contributed by atoms with van der Waals surface area (Å²) >= 11 is 6.14. The predicted molar refractivity (Wildman–Crippen MR) is 110 cm³/mol. The summed E-state index contributed by atoms with van der Waals surface area (Å²) in [4.78, 5) is 26.2. The number of hydrogen-bond acceptors (Lipinski definition) is 6. The van der Waals surface area contributed by atoms with Gasteiger partial charge in [-0.25, -0.2) is 0 Å². The molecule has 0 spiro atoms. The number of phenols is 1. The van der Waals surface area contributed by atoms with Gasteiger partial charge in [-0.15, -0.1) is 0 Å². The number of alkyl halides is 2. The van der Waals surface area contributed by atoms with Crippen molar-refractivity contribution < 1.29 is 28.2 Å². The molecule has 0 unspecified atom stereocenters. The SMILES string of the molecule is O=C(CN1C(=O)/C(=C/c2ccccc2OC(F)F)SC1=S)Nc1ccc(O)cc1. The molecule has 0 saturated carbocycles. The molecule has 2 aromatic carbocycles. The number of nitrogens with one attached hydrogen (secondary N) is 1. The number of aromatic hydroxyl groups is 1. The Kier molecular flexibility index (Phi) is 6.45. The molecule has 0 atom stereocenters. The van der Waals surface area contributed by atoms with Crippen LogP contribution in [0.2, 0.25) is 0 Å². The summed E-state index contributed by atoms with van der Waals surface area (Å²) in [5.74, 6) is -0.999. The highest BCUT2D eigenvalue weighted by atomic mass is 32.2. The van der Waals surface area contributed by atoms with Crippen molar-refractivity contribution in [3.8, 4) is 11.5 Å². The lowest BCUT2D eigenvalue weighted by atomic mass is 10.2. The van der Waals surface area contributed by atoms with Crippen molar-refractivity contribution in [3.05, 3.63) is 59.0 Å². The van der Waals surface area contributed by atoms with Gasteiger partial charge < -0.3 is 15.2 Å². The Morgan fingerprint density at radius 2 is 1.93 bits per heavy atom. The van der Waals surface area contributed by atoms with Crippen LogP contribution < -0.4 is 10.1 Å². The number of carbonyl (C=O) groups excluding carboxylic acids is 2. The molecule has 2 amide bonds. The molecule has 2 aromatic rings. The van der Waals surface area contributed by atoms with Gasteiger partial charge in [0.05, 0.1) is 4.91 Å². The van der Waals surface area contributed by atoms with Crippen LogP contribution in [0.5, 0.6) is 11.5 Å². The smallest absolute Gasteiger partial charge is 0.387 e. The topological polar surface area (TPSA) is 78.9 Å². The summed E-state index contributed by atoms with van der Waals surface area (Å²) < 4.78 is 29.7. The van der Waals surface area contributed by atoms with Crippen LogP contribution in [-0.2, 0) is 9.59 Å². The molecule has 1 heterocycles. The van der Waals surface area contributed by atoms with Crippen molar-refractivity contribution in [2.24, 2.45) is 0 Å². The normalized spacial score (nSPS) is 15.3. The van der Waals surface area contributed by atoms with Gasteiger partial charge in [-0.1, -0.05) is 42.2 Å². The van der Waals surface area contributed by atoms with Crippen molar-refractivity contribution in [2.45, 2.75) is 6.61 Å². The molecular formula is C19H14F2N2O4S2. The van der Waals surface area contributed by atoms with Crippen LogP contribution in [0.3, 0.4) is 0 Å². The van der Waals surface area contributed by atoms with Gasteiger partial charge in [0.15, 0.2) is 0 Å². The first-order chi connectivity index (χ1) is 13.8. The van der Waals surface area contributed by atoms with Gasteiger partial charge in [0.1, 0.15) is 22.4 Å². The number of rotatable bonds is 6. The Bertz CT molecular complexity index is 980. The van der Waals surface area contributed by atoms with Gasteiger partial charge in [-0.05, 0) is 36.4 Å². The van der Waals surface area contributed by atoms with E-state index in [4.69, 9.17) is 12.2 Å². The molecule has 150 valence electrons. The van der Waals surface area contributed by atoms with E-state index in [9.17, 15) is 23.5 Å². The number of nitrogens with zero attached hydrogens (tertiary/aromatic N) is 1. The number of thiocarbonyl (C=S) groups is 1. The van der Waals surface area contributed by atoms with Gasteiger partial charge in [0.25, 0.3) is 5.91 Å². The molecule has 2 N–H and O–H groups in total. The highest BCUT2D eigenvalue weighted by Crippen LogP contribution is 2.34. The monoisotopic (exact) mass is 436 g/mol. The average molecular weight is 436 g/mol. The Morgan fingerprint density at radius 3 is 2.62 bits per heavy atom. The molecule has 0 aromatic heterocycles. The second-order valence-electron chi connectivity index (χ2n) is 5.78. The molecule has 1 aliphatic heterocycles. The molecule has 1 aliphatic rings. The van der Waals surface area contributed by atoms with Crippen LogP contribution in [0, 0.1) is 0 Å². The number of hydrogen-bond donors (Lipinski definition) is 2. The van der Waals surface area contributed by atoms with E-state index in [1.807, 2.05) is 0 Å². The van der Waals surface area contributed by atoms with Crippen LogP contribution in [0.15, 0.2) is 53.4 Å². The fourth-order valence-electron chi connectivity index (χ4n) is 2.47. The second-order valence-corrected chi connectivity index (χ2v) is 7.46. The Morgan fingerprint density at radius 1 is 1.24 bits per heavy atom. The van der Waals surface area contributed by atoms with E-state index < -0.39 is 18.4 Å². The van der Waals surface area contributed by atoms with Crippen LogP contribution in [0.25, 0.3) is 6.08 Å². The van der Waals surface area contributed by atoms with Crippen molar-refractivity contribution in [3.63, 3.8) is 0 Å². The Labute approximate surface area is 174 Å². The van der Waals surface area contributed by atoms with E-state index in [0.29, 0.717) is 11.3 Å². The highest BCUT2D eigenvalue weighted by molar-refractivity contribution is 8.26. The number of ether oxygens (including phenoxy) is 1. The van der Waals surface area contributed by atoms with Crippen LogP contribution >= 0.6 is 24.0 Å². The zero-order valence-electron chi connectivity index (χ0n) is 14.7. The molecule has 0 bridgehead atoms. The van der Waals surface area contributed by atoms with Crippen molar-refractivity contribution in [1.82, 2.24) is 4.90 Å². The fraction of sp³-hybridized carbons (Fsp3) is 0.105. The van der Waals surface area contributed by atoms with Crippen molar-refractivity contribution in [2.75, 3.05) is 11.9 Å². The largest absolute Gasteiger partial charge is 0.508 e. The summed E-state index contributed by atoms with van der Waals surface area (Å²) in [5.41, 5.74) is 0.744. The zero-order valence-corrected chi connectivity index (χ0v) is 16.3. The van der Waals surface area contributed by atoms with E-state index in [0.717, 1.165) is 16.7 Å². The zero-order chi connectivity index (χ0) is 21.0. The number of benzene rings is 2. The third kappa shape index (κ3) is 5.30. The maximum atomic E-state index is 12.6. The maximum Gasteiger partial charge on any atom is 0.387 e. The molecule has 1 saturated heterocycles. The first kappa shape index (κ1) is 20.7. The number of carbonyl (C=O) groups is 2. The molecule has 0 radical (unpaired) electrons. The van der Waals surface area contributed by atoms with Crippen LogP contribution in [0.4, 0.5) is 14.5 Å². The maximum absolute atomic E-state index is 12.6. The molecule has 3 rings (SSSR count). The second kappa shape index (κ2) is 9.01. The number of amides is 2. The van der Waals surface area contributed by atoms with E-state index >= 15 is 0 Å². The molecule has 0 aliphatic carbocycles. The molecule has 6 nitrogen and oxygen atoms in total. The lowest BCUT2D eigenvalue weighted by Crippen LogP contribution is -2.36. The van der Waals surface area contributed by atoms with Crippen molar-refractivity contribution in [1.29, 1.82) is 0 Å². The minimum atomic E-state index is -3.00. The Hall–Kier alpha value is -2.98. The minimum Gasteiger partial charge on any atom is -0.508 e. The molecule has 1 fully saturated rings. The quantitative estimate of drug-likeness (QED) is 0.407. The third-order valence-corrected chi connectivity index (χ3v) is 5.13. The lowest BCUT2D eigenvalue weighted by Gasteiger charge is -2.14. The van der Waals surface area contributed by atoms with E-state index in [-0.39, 0.29) is 27.3 Å². The number of halogens is 2. The van der Waals surface area contributed by atoms with E-state index in [1.54, 1.807) is 6.07 Å². The summed E-state index contributed by atoms with van der Waals surface area (Å²) in [6.45, 7) is -3.31. The number of para-hydroxylation sites is 1. The van der Waals surface area contributed by atoms with Gasteiger partial charge in [0, 0.05) is 11.3 Å². The van der Waals surface area contributed by atoms with Gasteiger partial charge in [-0.3, -0.25) is 14.5 Å². The molecule has 29 heavy (non-hydrogen) atoms.